The summed E-state index contributed by atoms with van der Waals surface area (Å²) in [7, 11) is 0. The van der Waals surface area contributed by atoms with Gasteiger partial charge in [0, 0.05) is 12.3 Å². The number of anilines is 1. The van der Waals surface area contributed by atoms with Crippen LogP contribution in [0.2, 0.25) is 0 Å². The molecule has 0 saturated carbocycles. The minimum atomic E-state index is -0.658. The summed E-state index contributed by atoms with van der Waals surface area (Å²) in [6, 6.07) is 5.88. The number of nitrogen functional groups attached to an aromatic ring is 1. The number of ether oxygens (including phenoxy) is 1. The first kappa shape index (κ1) is 12.0. The largest absolute Gasteiger partial charge is 0.399 e. The average Bonchev–Trinajstić information content (AvgIpc) is 2.96. The van der Waals surface area contributed by atoms with Crippen LogP contribution in [-0.4, -0.2) is 17.8 Å². The molecule has 1 aromatic rings. The molecule has 98 valence electrons. The zero-order valence-electron chi connectivity index (χ0n) is 10.7. The zero-order valence-corrected chi connectivity index (χ0v) is 10.7. The van der Waals surface area contributed by atoms with Crippen molar-refractivity contribution in [1.29, 1.82) is 0 Å². The van der Waals surface area contributed by atoms with E-state index in [1.54, 1.807) is 0 Å². The van der Waals surface area contributed by atoms with Gasteiger partial charge in [0.25, 0.3) is 0 Å². The summed E-state index contributed by atoms with van der Waals surface area (Å²) < 4.78 is 5.63. The number of benzene rings is 1. The summed E-state index contributed by atoms with van der Waals surface area (Å²) in [5.74, 6) is 0. The summed E-state index contributed by atoms with van der Waals surface area (Å²) in [6.07, 6.45) is 6.17. The van der Waals surface area contributed by atoms with E-state index in [0.717, 1.165) is 56.4 Å². The third kappa shape index (κ3) is 2.13. The summed E-state index contributed by atoms with van der Waals surface area (Å²) in [6.45, 7) is 0.885. The molecular weight excluding hydrogens is 226 g/mol. The van der Waals surface area contributed by atoms with Crippen molar-refractivity contribution in [3.63, 3.8) is 0 Å². The molecular formula is C15H21NO2. The Morgan fingerprint density at radius 1 is 1.44 bits per heavy atom. The standard InChI is InChI=1S/C15H21NO2/c16-12-3-4-14-11(10-12)5-7-15(14,17)8-6-13-2-1-9-18-13/h3-4,10,13,17H,1-2,5-9,16H2. The molecule has 0 spiro atoms. The first-order valence-electron chi connectivity index (χ1n) is 6.90. The van der Waals surface area contributed by atoms with Gasteiger partial charge in [0.1, 0.15) is 0 Å². The molecule has 3 rings (SSSR count). The van der Waals surface area contributed by atoms with E-state index in [2.05, 4.69) is 0 Å². The van der Waals surface area contributed by atoms with Crippen LogP contribution >= 0.6 is 0 Å². The second-order valence-corrected chi connectivity index (χ2v) is 5.62. The van der Waals surface area contributed by atoms with Crippen molar-refractivity contribution >= 4 is 5.69 Å². The highest BCUT2D eigenvalue weighted by molar-refractivity contribution is 5.48. The lowest BCUT2D eigenvalue weighted by Gasteiger charge is -2.25. The van der Waals surface area contributed by atoms with Gasteiger partial charge < -0.3 is 15.6 Å². The molecule has 0 radical (unpaired) electrons. The normalized spacial score (nSPS) is 30.6. The number of nitrogens with two attached hydrogens (primary N) is 1. The van der Waals surface area contributed by atoms with Crippen LogP contribution in [0.5, 0.6) is 0 Å². The van der Waals surface area contributed by atoms with E-state index in [-0.39, 0.29) is 0 Å². The van der Waals surface area contributed by atoms with Crippen LogP contribution in [0.3, 0.4) is 0 Å². The fraction of sp³-hybridized carbons (Fsp3) is 0.600. The number of hydrogen-bond acceptors (Lipinski definition) is 3. The number of hydrogen-bond donors (Lipinski definition) is 2. The molecule has 3 N–H and O–H groups in total. The van der Waals surface area contributed by atoms with Crippen molar-refractivity contribution in [2.75, 3.05) is 12.3 Å². The molecule has 2 atom stereocenters. The Hall–Kier alpha value is -1.06. The van der Waals surface area contributed by atoms with Gasteiger partial charge in [-0.15, -0.1) is 0 Å². The molecule has 2 unspecified atom stereocenters. The van der Waals surface area contributed by atoms with Crippen molar-refractivity contribution in [2.24, 2.45) is 0 Å². The molecule has 1 saturated heterocycles. The van der Waals surface area contributed by atoms with Gasteiger partial charge in [-0.2, -0.15) is 0 Å². The average molecular weight is 247 g/mol. The SMILES string of the molecule is Nc1ccc2c(c1)CCC2(O)CCC1CCCO1. The van der Waals surface area contributed by atoms with E-state index in [9.17, 15) is 5.11 Å². The van der Waals surface area contributed by atoms with Gasteiger partial charge in [0.2, 0.25) is 0 Å². The number of fused-ring (bicyclic) bond motifs is 1. The van der Waals surface area contributed by atoms with Crippen LogP contribution in [-0.2, 0) is 16.8 Å². The first-order chi connectivity index (χ1) is 8.67. The molecule has 0 bridgehead atoms. The highest BCUT2D eigenvalue weighted by Gasteiger charge is 2.37. The smallest absolute Gasteiger partial charge is 0.0903 e. The Balaban J connectivity index is 1.72. The van der Waals surface area contributed by atoms with Crippen molar-refractivity contribution in [2.45, 2.75) is 50.2 Å². The maximum absolute atomic E-state index is 10.8. The predicted molar refractivity (Wildman–Crippen MR) is 71.3 cm³/mol. The third-order valence-electron chi connectivity index (χ3n) is 4.34. The van der Waals surface area contributed by atoms with Gasteiger partial charge in [0.15, 0.2) is 0 Å². The van der Waals surface area contributed by atoms with E-state index in [1.807, 2.05) is 18.2 Å². The Labute approximate surface area is 108 Å². The van der Waals surface area contributed by atoms with Crippen molar-refractivity contribution < 1.29 is 9.84 Å². The lowest BCUT2D eigenvalue weighted by Crippen LogP contribution is -2.24. The maximum atomic E-state index is 10.8. The van der Waals surface area contributed by atoms with Crippen LogP contribution in [0.25, 0.3) is 0 Å². The summed E-state index contributed by atoms with van der Waals surface area (Å²) >= 11 is 0. The van der Waals surface area contributed by atoms with Gasteiger partial charge in [0.05, 0.1) is 11.7 Å². The molecule has 3 heteroatoms. The Morgan fingerprint density at radius 2 is 2.33 bits per heavy atom. The summed E-state index contributed by atoms with van der Waals surface area (Å²) in [5.41, 5.74) is 8.21. The molecule has 1 aliphatic carbocycles. The van der Waals surface area contributed by atoms with Gasteiger partial charge in [-0.3, -0.25) is 0 Å². The fourth-order valence-electron chi connectivity index (χ4n) is 3.28. The van der Waals surface area contributed by atoms with E-state index in [1.165, 1.54) is 5.56 Å². The van der Waals surface area contributed by atoms with Gasteiger partial charge in [-0.05, 0) is 61.8 Å². The number of rotatable bonds is 3. The molecule has 3 nitrogen and oxygen atoms in total. The van der Waals surface area contributed by atoms with E-state index in [4.69, 9.17) is 10.5 Å². The predicted octanol–water partition coefficient (Wildman–Crippen LogP) is 2.36. The van der Waals surface area contributed by atoms with Gasteiger partial charge in [-0.25, -0.2) is 0 Å². The third-order valence-corrected chi connectivity index (χ3v) is 4.34. The van der Waals surface area contributed by atoms with Crippen LogP contribution < -0.4 is 5.73 Å². The van der Waals surface area contributed by atoms with Crippen molar-refractivity contribution in [3.05, 3.63) is 29.3 Å². The molecule has 2 aliphatic rings. The van der Waals surface area contributed by atoms with Crippen LogP contribution in [0, 0.1) is 0 Å². The molecule has 1 aromatic carbocycles. The van der Waals surface area contributed by atoms with E-state index < -0.39 is 5.60 Å². The first-order valence-corrected chi connectivity index (χ1v) is 6.90. The Kier molecular flexibility index (Phi) is 3.04. The highest BCUT2D eigenvalue weighted by atomic mass is 16.5. The topological polar surface area (TPSA) is 55.5 Å². The molecule has 0 aromatic heterocycles. The van der Waals surface area contributed by atoms with Gasteiger partial charge >= 0.3 is 0 Å². The number of aliphatic hydroxyl groups is 1. The fourth-order valence-corrected chi connectivity index (χ4v) is 3.28. The Bertz CT molecular complexity index is 440. The van der Waals surface area contributed by atoms with Gasteiger partial charge in [-0.1, -0.05) is 6.07 Å². The highest BCUT2D eigenvalue weighted by Crippen LogP contribution is 2.41. The molecule has 18 heavy (non-hydrogen) atoms. The minimum Gasteiger partial charge on any atom is -0.399 e. The molecule has 1 aliphatic heterocycles. The molecule has 0 amide bonds. The van der Waals surface area contributed by atoms with Crippen molar-refractivity contribution in [3.8, 4) is 0 Å². The maximum Gasteiger partial charge on any atom is 0.0903 e. The van der Waals surface area contributed by atoms with Crippen molar-refractivity contribution in [1.82, 2.24) is 0 Å². The van der Waals surface area contributed by atoms with Crippen LogP contribution in [0.1, 0.15) is 43.2 Å². The van der Waals surface area contributed by atoms with E-state index >= 15 is 0 Å². The zero-order chi connectivity index (χ0) is 12.6. The lowest BCUT2D eigenvalue weighted by molar-refractivity contribution is 0.00814. The lowest BCUT2D eigenvalue weighted by atomic mass is 9.89. The minimum absolute atomic E-state index is 0.354. The van der Waals surface area contributed by atoms with Crippen LogP contribution in [0.15, 0.2) is 18.2 Å². The quantitative estimate of drug-likeness (QED) is 0.806. The van der Waals surface area contributed by atoms with E-state index in [0.29, 0.717) is 6.10 Å². The monoisotopic (exact) mass is 247 g/mol. The summed E-state index contributed by atoms with van der Waals surface area (Å²) in [4.78, 5) is 0. The number of aryl methyl sites for hydroxylation is 1. The molecule has 1 heterocycles. The van der Waals surface area contributed by atoms with Crippen LogP contribution in [0.4, 0.5) is 5.69 Å². The summed E-state index contributed by atoms with van der Waals surface area (Å²) in [5, 5.41) is 10.8. The Morgan fingerprint density at radius 3 is 3.11 bits per heavy atom. The second kappa shape index (κ2) is 4.56. The second-order valence-electron chi connectivity index (χ2n) is 5.62. The molecule has 1 fully saturated rings.